The molecule has 3 aliphatic rings. The van der Waals surface area contributed by atoms with E-state index in [0.717, 1.165) is 19.3 Å². The summed E-state index contributed by atoms with van der Waals surface area (Å²) in [7, 11) is 0. The Morgan fingerprint density at radius 1 is 1.00 bits per heavy atom. The van der Waals surface area contributed by atoms with E-state index in [1.54, 1.807) is 9.80 Å². The maximum atomic E-state index is 12.7. The third-order valence-electron chi connectivity index (χ3n) is 5.58. The van der Waals surface area contributed by atoms with Crippen LogP contribution in [0.25, 0.3) is 0 Å². The van der Waals surface area contributed by atoms with E-state index in [1.165, 1.54) is 11.8 Å². The summed E-state index contributed by atoms with van der Waals surface area (Å²) >= 11 is 0. The molecule has 0 radical (unpaired) electrons. The molecule has 0 aromatic heterocycles. The highest BCUT2D eigenvalue weighted by atomic mass is 16.2. The summed E-state index contributed by atoms with van der Waals surface area (Å²) in [6.45, 7) is 3.72. The Morgan fingerprint density at radius 2 is 1.60 bits per heavy atom. The number of amides is 5. The molecule has 0 bridgehead atoms. The van der Waals surface area contributed by atoms with Gasteiger partial charge in [0.05, 0.1) is 0 Å². The van der Waals surface area contributed by atoms with Crippen molar-refractivity contribution in [2.75, 3.05) is 32.7 Å². The first-order chi connectivity index (χ1) is 11.9. The molecule has 0 aromatic carbocycles. The Balaban J connectivity index is 1.51. The molecule has 2 aliphatic heterocycles. The lowest BCUT2D eigenvalue weighted by atomic mass is 9.82. The topological polar surface area (TPSA) is 90.0 Å². The molecule has 1 N–H and O–H groups in total. The van der Waals surface area contributed by atoms with Gasteiger partial charge in [0.2, 0.25) is 11.8 Å². The number of hydrogen-bond donors (Lipinski definition) is 1. The van der Waals surface area contributed by atoms with Crippen molar-refractivity contribution in [3.8, 4) is 0 Å². The molecule has 0 unspecified atom stereocenters. The molecule has 0 atom stereocenters. The second-order valence-corrected chi connectivity index (χ2v) is 7.17. The van der Waals surface area contributed by atoms with Crippen molar-refractivity contribution >= 4 is 23.8 Å². The highest BCUT2D eigenvalue weighted by Gasteiger charge is 2.51. The SMILES string of the molecule is CC(=O)N1CCN(C(=O)CCN2C(=O)NC3(CCCCC3)C2=O)CC1. The predicted octanol–water partition coefficient (Wildman–Crippen LogP) is 0.322. The lowest BCUT2D eigenvalue weighted by Gasteiger charge is -2.34. The fourth-order valence-electron chi connectivity index (χ4n) is 4.01. The number of hydrogen-bond acceptors (Lipinski definition) is 4. The molecule has 0 aromatic rings. The predicted molar refractivity (Wildman–Crippen MR) is 89.5 cm³/mol. The van der Waals surface area contributed by atoms with Gasteiger partial charge in [0.15, 0.2) is 0 Å². The van der Waals surface area contributed by atoms with Crippen molar-refractivity contribution in [3.05, 3.63) is 0 Å². The largest absolute Gasteiger partial charge is 0.339 e. The average molecular weight is 350 g/mol. The normalized spacial score (nSPS) is 23.2. The second kappa shape index (κ2) is 7.01. The van der Waals surface area contributed by atoms with E-state index in [4.69, 9.17) is 0 Å². The minimum Gasteiger partial charge on any atom is -0.339 e. The Morgan fingerprint density at radius 3 is 2.20 bits per heavy atom. The van der Waals surface area contributed by atoms with Crippen molar-refractivity contribution in [1.82, 2.24) is 20.0 Å². The van der Waals surface area contributed by atoms with Crippen molar-refractivity contribution < 1.29 is 19.2 Å². The van der Waals surface area contributed by atoms with Crippen LogP contribution in [0.1, 0.15) is 45.4 Å². The Hall–Kier alpha value is -2.12. The number of nitrogens with one attached hydrogen (secondary N) is 1. The number of nitrogens with zero attached hydrogens (tertiary/aromatic N) is 3. The van der Waals surface area contributed by atoms with Gasteiger partial charge in [-0.25, -0.2) is 4.79 Å². The number of rotatable bonds is 3. The summed E-state index contributed by atoms with van der Waals surface area (Å²) in [5, 5.41) is 2.86. The molecule has 2 heterocycles. The zero-order valence-corrected chi connectivity index (χ0v) is 14.8. The van der Waals surface area contributed by atoms with Gasteiger partial charge in [-0.2, -0.15) is 0 Å². The van der Waals surface area contributed by atoms with Crippen molar-refractivity contribution in [2.24, 2.45) is 0 Å². The molecule has 1 saturated carbocycles. The van der Waals surface area contributed by atoms with Gasteiger partial charge in [-0.3, -0.25) is 19.3 Å². The van der Waals surface area contributed by atoms with Gasteiger partial charge in [-0.1, -0.05) is 19.3 Å². The van der Waals surface area contributed by atoms with Crippen LogP contribution in [0.3, 0.4) is 0 Å². The molecular formula is C17H26N4O4. The zero-order chi connectivity index (χ0) is 18.0. The molecule has 25 heavy (non-hydrogen) atoms. The lowest BCUT2D eigenvalue weighted by molar-refractivity contribution is -0.139. The Labute approximate surface area is 147 Å². The standard InChI is InChI=1S/C17H26N4O4/c1-13(22)19-9-11-20(12-10-19)14(23)5-8-21-15(24)17(18-16(21)25)6-3-2-4-7-17/h2-12H2,1H3,(H,18,25). The van der Waals surface area contributed by atoms with Gasteiger partial charge in [0.25, 0.3) is 5.91 Å². The average Bonchev–Trinajstić information content (AvgIpc) is 2.83. The molecule has 3 rings (SSSR count). The number of carbonyl (C=O) groups is 4. The summed E-state index contributed by atoms with van der Waals surface area (Å²) < 4.78 is 0. The van der Waals surface area contributed by atoms with E-state index in [-0.39, 0.29) is 36.7 Å². The van der Waals surface area contributed by atoms with Gasteiger partial charge < -0.3 is 15.1 Å². The van der Waals surface area contributed by atoms with Crippen LogP contribution in [-0.4, -0.2) is 76.7 Å². The number of imide groups is 1. The van der Waals surface area contributed by atoms with E-state index in [9.17, 15) is 19.2 Å². The molecule has 2 saturated heterocycles. The van der Waals surface area contributed by atoms with Crippen LogP contribution in [0.15, 0.2) is 0 Å². The summed E-state index contributed by atoms with van der Waals surface area (Å²) in [4.78, 5) is 53.2. The molecule has 8 nitrogen and oxygen atoms in total. The van der Waals surface area contributed by atoms with Crippen molar-refractivity contribution in [3.63, 3.8) is 0 Å². The van der Waals surface area contributed by atoms with Gasteiger partial charge in [-0.05, 0) is 12.8 Å². The summed E-state index contributed by atoms with van der Waals surface area (Å²) in [6, 6.07) is -0.374. The first-order valence-electron chi connectivity index (χ1n) is 9.10. The molecule has 8 heteroatoms. The first kappa shape index (κ1) is 17.7. The molecule has 3 fully saturated rings. The maximum absolute atomic E-state index is 12.7. The van der Waals surface area contributed by atoms with Crippen LogP contribution in [0.2, 0.25) is 0 Å². The molecule has 5 amide bonds. The first-order valence-corrected chi connectivity index (χ1v) is 9.10. The molecule has 1 spiro atoms. The minimum absolute atomic E-state index is 0.0178. The van der Waals surface area contributed by atoms with Crippen LogP contribution in [0.5, 0.6) is 0 Å². The lowest BCUT2D eigenvalue weighted by Crippen LogP contribution is -2.50. The highest BCUT2D eigenvalue weighted by Crippen LogP contribution is 2.33. The Kier molecular flexibility index (Phi) is 4.96. The molecule has 138 valence electrons. The van der Waals surface area contributed by atoms with Crippen LogP contribution in [0, 0.1) is 0 Å². The van der Waals surface area contributed by atoms with E-state index in [0.29, 0.717) is 39.0 Å². The monoisotopic (exact) mass is 350 g/mol. The molecular weight excluding hydrogens is 324 g/mol. The Bertz CT molecular complexity index is 577. The smallest absolute Gasteiger partial charge is 0.325 e. The van der Waals surface area contributed by atoms with Gasteiger partial charge in [0, 0.05) is 46.1 Å². The van der Waals surface area contributed by atoms with E-state index < -0.39 is 5.54 Å². The second-order valence-electron chi connectivity index (χ2n) is 7.17. The number of carbonyl (C=O) groups excluding carboxylic acids is 4. The van der Waals surface area contributed by atoms with Crippen LogP contribution < -0.4 is 5.32 Å². The van der Waals surface area contributed by atoms with E-state index in [2.05, 4.69) is 5.32 Å². The quantitative estimate of drug-likeness (QED) is 0.743. The number of piperazine rings is 1. The zero-order valence-electron chi connectivity index (χ0n) is 14.8. The van der Waals surface area contributed by atoms with Crippen LogP contribution in [-0.2, 0) is 14.4 Å². The summed E-state index contributed by atoms with van der Waals surface area (Å²) in [6.07, 6.45) is 4.49. The number of urea groups is 1. The van der Waals surface area contributed by atoms with Gasteiger partial charge in [-0.15, -0.1) is 0 Å². The third-order valence-corrected chi connectivity index (χ3v) is 5.58. The van der Waals surface area contributed by atoms with Crippen molar-refractivity contribution in [1.29, 1.82) is 0 Å². The fraction of sp³-hybridized carbons (Fsp3) is 0.765. The maximum Gasteiger partial charge on any atom is 0.325 e. The highest BCUT2D eigenvalue weighted by molar-refractivity contribution is 6.07. The fourth-order valence-corrected chi connectivity index (χ4v) is 4.01. The third kappa shape index (κ3) is 3.48. The van der Waals surface area contributed by atoms with E-state index >= 15 is 0 Å². The van der Waals surface area contributed by atoms with Gasteiger partial charge in [0.1, 0.15) is 5.54 Å². The van der Waals surface area contributed by atoms with Gasteiger partial charge >= 0.3 is 6.03 Å². The molecule has 1 aliphatic carbocycles. The minimum atomic E-state index is -0.731. The summed E-state index contributed by atoms with van der Waals surface area (Å²) in [5.41, 5.74) is -0.731. The van der Waals surface area contributed by atoms with E-state index in [1.807, 2.05) is 0 Å². The summed E-state index contributed by atoms with van der Waals surface area (Å²) in [5.74, 6) is -0.232. The van der Waals surface area contributed by atoms with Crippen LogP contribution >= 0.6 is 0 Å². The van der Waals surface area contributed by atoms with Crippen LogP contribution in [0.4, 0.5) is 4.79 Å². The van der Waals surface area contributed by atoms with Crippen molar-refractivity contribution in [2.45, 2.75) is 51.0 Å².